The van der Waals surface area contributed by atoms with E-state index in [9.17, 15) is 4.79 Å². The highest BCUT2D eigenvalue weighted by molar-refractivity contribution is 5.80. The van der Waals surface area contributed by atoms with E-state index in [4.69, 9.17) is 15.2 Å². The molecule has 1 aromatic rings. The predicted octanol–water partition coefficient (Wildman–Crippen LogP) is -0.563. The van der Waals surface area contributed by atoms with Crippen molar-refractivity contribution < 1.29 is 14.3 Å². The minimum Gasteiger partial charge on any atom is -0.467 e. The molecule has 0 spiro atoms. The second-order valence-electron chi connectivity index (χ2n) is 3.61. The van der Waals surface area contributed by atoms with Gasteiger partial charge in [-0.25, -0.2) is 14.8 Å². The molecule has 7 nitrogen and oxygen atoms in total. The molecule has 0 aromatic carbocycles. The van der Waals surface area contributed by atoms with E-state index in [0.29, 0.717) is 24.8 Å². The van der Waals surface area contributed by atoms with Crippen molar-refractivity contribution in [2.45, 2.75) is 6.04 Å². The van der Waals surface area contributed by atoms with Crippen molar-refractivity contribution in [3.8, 4) is 0 Å². The normalized spacial score (nSPS) is 20.1. The molecule has 7 heteroatoms. The molecule has 1 unspecified atom stereocenters. The smallest absolute Gasteiger partial charge is 0.330 e. The van der Waals surface area contributed by atoms with Gasteiger partial charge in [-0.15, -0.1) is 0 Å². The van der Waals surface area contributed by atoms with Crippen molar-refractivity contribution in [1.29, 1.82) is 0 Å². The van der Waals surface area contributed by atoms with Crippen molar-refractivity contribution >= 4 is 17.6 Å². The third-order valence-electron chi connectivity index (χ3n) is 2.57. The zero-order valence-electron chi connectivity index (χ0n) is 9.50. The van der Waals surface area contributed by atoms with Gasteiger partial charge in [0.15, 0.2) is 6.04 Å². The van der Waals surface area contributed by atoms with E-state index in [1.165, 1.54) is 13.4 Å². The molecule has 0 radical (unpaired) electrons. The van der Waals surface area contributed by atoms with E-state index >= 15 is 0 Å². The van der Waals surface area contributed by atoms with Crippen molar-refractivity contribution in [3.63, 3.8) is 0 Å². The Morgan fingerprint density at radius 1 is 1.65 bits per heavy atom. The molecule has 0 aliphatic carbocycles. The predicted molar refractivity (Wildman–Crippen MR) is 60.4 cm³/mol. The first-order valence-electron chi connectivity index (χ1n) is 5.22. The summed E-state index contributed by atoms with van der Waals surface area (Å²) in [6.45, 7) is 1.39. The molecule has 17 heavy (non-hydrogen) atoms. The van der Waals surface area contributed by atoms with Crippen LogP contribution in [0.3, 0.4) is 0 Å². The van der Waals surface area contributed by atoms with Crippen LogP contribution >= 0.6 is 0 Å². The highest BCUT2D eigenvalue weighted by Gasteiger charge is 2.31. The maximum Gasteiger partial charge on any atom is 0.330 e. The van der Waals surface area contributed by atoms with Gasteiger partial charge < -0.3 is 20.1 Å². The molecule has 1 aromatic heterocycles. The minimum absolute atomic E-state index is 0.288. The van der Waals surface area contributed by atoms with E-state index in [1.54, 1.807) is 6.07 Å². The van der Waals surface area contributed by atoms with Crippen LogP contribution in [0.5, 0.6) is 0 Å². The molecule has 1 atom stereocenters. The van der Waals surface area contributed by atoms with Crippen LogP contribution in [0.15, 0.2) is 12.4 Å². The van der Waals surface area contributed by atoms with Crippen LogP contribution in [-0.4, -0.2) is 48.8 Å². The highest BCUT2D eigenvalue weighted by Crippen LogP contribution is 2.18. The van der Waals surface area contributed by atoms with Crippen molar-refractivity contribution in [1.82, 2.24) is 9.97 Å². The molecule has 1 fully saturated rings. The summed E-state index contributed by atoms with van der Waals surface area (Å²) in [5, 5.41) is 0. The number of esters is 1. The van der Waals surface area contributed by atoms with Crippen LogP contribution in [0.4, 0.5) is 11.6 Å². The fourth-order valence-corrected chi connectivity index (χ4v) is 1.73. The van der Waals surface area contributed by atoms with E-state index < -0.39 is 6.04 Å². The monoisotopic (exact) mass is 238 g/mol. The minimum atomic E-state index is -0.483. The first kappa shape index (κ1) is 11.6. The Labute approximate surface area is 98.5 Å². The van der Waals surface area contributed by atoms with Gasteiger partial charge in [-0.2, -0.15) is 0 Å². The number of carbonyl (C=O) groups is 1. The first-order valence-corrected chi connectivity index (χ1v) is 5.22. The van der Waals surface area contributed by atoms with Gasteiger partial charge in [-0.1, -0.05) is 0 Å². The summed E-state index contributed by atoms with van der Waals surface area (Å²) in [5.41, 5.74) is 5.59. The largest absolute Gasteiger partial charge is 0.467 e. The summed E-state index contributed by atoms with van der Waals surface area (Å²) in [5.74, 6) is 0.628. The molecular formula is C10H14N4O3. The molecule has 1 aliphatic heterocycles. The summed E-state index contributed by atoms with van der Waals surface area (Å²) in [4.78, 5) is 21.3. The Balaban J connectivity index is 2.24. The molecule has 2 N–H and O–H groups in total. The van der Waals surface area contributed by atoms with Crippen molar-refractivity contribution in [2.24, 2.45) is 0 Å². The molecule has 2 heterocycles. The maximum absolute atomic E-state index is 11.6. The van der Waals surface area contributed by atoms with E-state index in [-0.39, 0.29) is 12.6 Å². The number of hydrogen-bond acceptors (Lipinski definition) is 7. The average molecular weight is 238 g/mol. The number of anilines is 2. The van der Waals surface area contributed by atoms with Crippen molar-refractivity contribution in [2.75, 3.05) is 37.5 Å². The number of ether oxygens (including phenoxy) is 2. The van der Waals surface area contributed by atoms with E-state index in [1.807, 2.05) is 4.90 Å². The number of rotatable bonds is 2. The van der Waals surface area contributed by atoms with Crippen molar-refractivity contribution in [3.05, 3.63) is 12.4 Å². The highest BCUT2D eigenvalue weighted by atomic mass is 16.5. The zero-order chi connectivity index (χ0) is 12.3. The number of nitrogens with two attached hydrogens (primary N) is 1. The third-order valence-corrected chi connectivity index (χ3v) is 2.57. The summed E-state index contributed by atoms with van der Waals surface area (Å²) in [6.07, 6.45) is 1.37. The van der Waals surface area contributed by atoms with Gasteiger partial charge in [-0.05, 0) is 0 Å². The number of morpholine rings is 1. The standard InChI is InChI=1S/C10H14N4O3/c1-16-10(15)7-5-17-3-2-14(7)9-4-8(11)12-6-13-9/h4,6-7H,2-3,5H2,1H3,(H2,11,12,13). The lowest BCUT2D eigenvalue weighted by Gasteiger charge is -2.34. The van der Waals surface area contributed by atoms with Gasteiger partial charge in [0.1, 0.15) is 18.0 Å². The van der Waals surface area contributed by atoms with Gasteiger partial charge in [0.2, 0.25) is 0 Å². The Bertz CT molecular complexity index is 412. The average Bonchev–Trinajstić information content (AvgIpc) is 2.38. The van der Waals surface area contributed by atoms with Crippen LogP contribution in [0.1, 0.15) is 0 Å². The molecule has 2 rings (SSSR count). The second kappa shape index (κ2) is 4.96. The number of aromatic nitrogens is 2. The van der Waals surface area contributed by atoms with E-state index in [0.717, 1.165) is 0 Å². The van der Waals surface area contributed by atoms with Crippen LogP contribution in [0, 0.1) is 0 Å². The summed E-state index contributed by atoms with van der Waals surface area (Å²) >= 11 is 0. The molecule has 0 bridgehead atoms. The first-order chi connectivity index (χ1) is 8.22. The topological polar surface area (TPSA) is 90.6 Å². The van der Waals surface area contributed by atoms with Crippen LogP contribution in [0.2, 0.25) is 0 Å². The second-order valence-corrected chi connectivity index (χ2v) is 3.61. The Hall–Kier alpha value is -1.89. The lowest BCUT2D eigenvalue weighted by atomic mass is 10.2. The number of nitrogen functional groups attached to an aromatic ring is 1. The summed E-state index contributed by atoms with van der Waals surface area (Å²) in [6, 6.07) is 1.14. The lowest BCUT2D eigenvalue weighted by molar-refractivity contribution is -0.144. The Kier molecular flexibility index (Phi) is 3.38. The van der Waals surface area contributed by atoms with Crippen LogP contribution < -0.4 is 10.6 Å². The molecule has 1 saturated heterocycles. The maximum atomic E-state index is 11.6. The summed E-state index contributed by atoms with van der Waals surface area (Å²) in [7, 11) is 1.35. The zero-order valence-corrected chi connectivity index (χ0v) is 9.50. The quantitative estimate of drug-likeness (QED) is 0.690. The third kappa shape index (κ3) is 2.44. The fourth-order valence-electron chi connectivity index (χ4n) is 1.73. The lowest BCUT2D eigenvalue weighted by Crippen LogP contribution is -2.51. The van der Waals surface area contributed by atoms with Gasteiger partial charge in [0.05, 0.1) is 20.3 Å². The molecule has 0 amide bonds. The molecule has 0 saturated carbocycles. The number of hydrogen-bond donors (Lipinski definition) is 1. The molecular weight excluding hydrogens is 224 g/mol. The number of nitrogens with zero attached hydrogens (tertiary/aromatic N) is 3. The van der Waals surface area contributed by atoms with Gasteiger partial charge in [-0.3, -0.25) is 0 Å². The fraction of sp³-hybridized carbons (Fsp3) is 0.500. The van der Waals surface area contributed by atoms with Gasteiger partial charge in [0.25, 0.3) is 0 Å². The number of carbonyl (C=O) groups excluding carboxylic acids is 1. The van der Waals surface area contributed by atoms with Crippen LogP contribution in [0.25, 0.3) is 0 Å². The molecule has 92 valence electrons. The Morgan fingerprint density at radius 2 is 2.47 bits per heavy atom. The molecule has 1 aliphatic rings. The van der Waals surface area contributed by atoms with Crippen LogP contribution in [-0.2, 0) is 14.3 Å². The Morgan fingerprint density at radius 3 is 3.18 bits per heavy atom. The SMILES string of the molecule is COC(=O)C1COCCN1c1cc(N)ncn1. The number of methoxy groups -OCH3 is 1. The summed E-state index contributed by atoms with van der Waals surface area (Å²) < 4.78 is 10.0. The van der Waals surface area contributed by atoms with E-state index in [2.05, 4.69) is 9.97 Å². The van der Waals surface area contributed by atoms with Gasteiger partial charge in [0, 0.05) is 12.6 Å². The van der Waals surface area contributed by atoms with Gasteiger partial charge >= 0.3 is 5.97 Å².